The Balaban J connectivity index is 1.69. The molecule has 4 rings (SSSR count). The van der Waals surface area contributed by atoms with Crippen LogP contribution in [0.25, 0.3) is 10.1 Å². The molecule has 1 aromatic carbocycles. The van der Waals surface area contributed by atoms with Crippen molar-refractivity contribution in [2.24, 2.45) is 0 Å². The van der Waals surface area contributed by atoms with Gasteiger partial charge in [0.25, 0.3) is 5.91 Å². The van der Waals surface area contributed by atoms with Crippen molar-refractivity contribution < 1.29 is 14.3 Å². The summed E-state index contributed by atoms with van der Waals surface area (Å²) in [6, 6.07) is 8.21. The molecular formula is C17H19NO3S. The molecule has 2 fully saturated rings. The van der Waals surface area contributed by atoms with Crippen molar-refractivity contribution in [3.8, 4) is 0 Å². The lowest BCUT2D eigenvalue weighted by atomic mass is 10.1. The highest BCUT2D eigenvalue weighted by Crippen LogP contribution is 2.34. The molecule has 5 heteroatoms. The van der Waals surface area contributed by atoms with Gasteiger partial charge in [-0.05, 0) is 18.9 Å². The second kappa shape index (κ2) is 5.65. The van der Waals surface area contributed by atoms with Crippen LogP contribution in [0.5, 0.6) is 0 Å². The number of thiophene rings is 1. The van der Waals surface area contributed by atoms with E-state index in [0.29, 0.717) is 13.2 Å². The van der Waals surface area contributed by atoms with Crippen molar-refractivity contribution in [1.82, 2.24) is 4.90 Å². The molecule has 2 aromatic rings. The molecule has 2 aliphatic rings. The van der Waals surface area contributed by atoms with Crippen molar-refractivity contribution >= 4 is 27.3 Å². The first-order valence-corrected chi connectivity index (χ1v) is 8.59. The molecule has 0 radical (unpaired) electrons. The van der Waals surface area contributed by atoms with E-state index >= 15 is 0 Å². The summed E-state index contributed by atoms with van der Waals surface area (Å²) in [4.78, 5) is 15.1. The molecule has 1 aliphatic heterocycles. The van der Waals surface area contributed by atoms with Crippen LogP contribution in [-0.2, 0) is 9.47 Å². The third-order valence-corrected chi connectivity index (χ3v) is 5.76. The van der Waals surface area contributed by atoms with E-state index in [1.54, 1.807) is 18.4 Å². The van der Waals surface area contributed by atoms with Crippen molar-refractivity contribution in [1.29, 1.82) is 0 Å². The van der Waals surface area contributed by atoms with Gasteiger partial charge in [-0.15, -0.1) is 11.3 Å². The molecule has 1 aromatic heterocycles. The van der Waals surface area contributed by atoms with Gasteiger partial charge in [0.2, 0.25) is 0 Å². The van der Waals surface area contributed by atoms with Crippen LogP contribution in [0.3, 0.4) is 0 Å². The van der Waals surface area contributed by atoms with Crippen LogP contribution in [0.4, 0.5) is 0 Å². The second-order valence-corrected chi connectivity index (χ2v) is 6.81. The summed E-state index contributed by atoms with van der Waals surface area (Å²) in [5.41, 5.74) is 0.806. The van der Waals surface area contributed by atoms with E-state index in [-0.39, 0.29) is 24.2 Å². The van der Waals surface area contributed by atoms with Gasteiger partial charge >= 0.3 is 0 Å². The molecule has 4 nitrogen and oxygen atoms in total. The van der Waals surface area contributed by atoms with Gasteiger partial charge in [-0.1, -0.05) is 18.2 Å². The predicted molar refractivity (Wildman–Crippen MR) is 86.4 cm³/mol. The molecule has 1 aliphatic carbocycles. The number of nitrogens with zero attached hydrogens (tertiary/aromatic N) is 1. The van der Waals surface area contributed by atoms with Crippen LogP contribution < -0.4 is 0 Å². The molecule has 1 saturated carbocycles. The minimum atomic E-state index is -0.00338. The van der Waals surface area contributed by atoms with Crippen LogP contribution in [0.2, 0.25) is 0 Å². The summed E-state index contributed by atoms with van der Waals surface area (Å²) in [5.74, 6) is 0.107. The molecule has 1 saturated heterocycles. The maximum absolute atomic E-state index is 13.1. The van der Waals surface area contributed by atoms with Gasteiger partial charge in [0.1, 0.15) is 6.10 Å². The minimum absolute atomic E-state index is 0.00338. The molecular weight excluding hydrogens is 298 g/mol. The normalized spacial score (nSPS) is 28.0. The van der Waals surface area contributed by atoms with E-state index in [4.69, 9.17) is 9.47 Å². The molecule has 22 heavy (non-hydrogen) atoms. The summed E-state index contributed by atoms with van der Waals surface area (Å²) in [5, 5.41) is 3.03. The molecule has 2 bridgehead atoms. The highest BCUT2D eigenvalue weighted by atomic mass is 32.1. The number of ether oxygens (including phenoxy) is 2. The first kappa shape index (κ1) is 14.2. The van der Waals surface area contributed by atoms with Gasteiger partial charge in [0, 0.05) is 29.1 Å². The van der Waals surface area contributed by atoms with Gasteiger partial charge in [-0.2, -0.15) is 0 Å². The van der Waals surface area contributed by atoms with Gasteiger partial charge in [-0.25, -0.2) is 0 Å². The SMILES string of the molecule is CO[C@@H]1[C@H]2CC[C@H]1OCCN2C(=O)c1csc2ccccc12. The highest BCUT2D eigenvalue weighted by Gasteiger charge is 2.44. The largest absolute Gasteiger partial charge is 0.377 e. The zero-order valence-electron chi connectivity index (χ0n) is 12.5. The number of methoxy groups -OCH3 is 1. The van der Waals surface area contributed by atoms with Crippen molar-refractivity contribution in [3.05, 3.63) is 35.2 Å². The van der Waals surface area contributed by atoms with Crippen molar-refractivity contribution in [2.75, 3.05) is 20.3 Å². The lowest BCUT2D eigenvalue weighted by Gasteiger charge is -2.30. The molecule has 116 valence electrons. The third kappa shape index (κ3) is 2.16. The number of carbonyl (C=O) groups excluding carboxylic acids is 1. The Kier molecular flexibility index (Phi) is 3.64. The molecule has 2 heterocycles. The van der Waals surface area contributed by atoms with Gasteiger partial charge in [0.05, 0.1) is 24.3 Å². The molecule has 0 N–H and O–H groups in total. The summed E-state index contributed by atoms with van der Waals surface area (Å²) in [7, 11) is 1.72. The molecule has 0 unspecified atom stereocenters. The highest BCUT2D eigenvalue weighted by molar-refractivity contribution is 7.17. The second-order valence-electron chi connectivity index (χ2n) is 5.90. The number of benzene rings is 1. The fourth-order valence-electron chi connectivity index (χ4n) is 3.75. The fraction of sp³-hybridized carbons (Fsp3) is 0.471. The van der Waals surface area contributed by atoms with Crippen molar-refractivity contribution in [3.63, 3.8) is 0 Å². The van der Waals surface area contributed by atoms with E-state index in [1.165, 1.54) is 0 Å². The number of hydrogen-bond acceptors (Lipinski definition) is 4. The Hall–Kier alpha value is -1.43. The Morgan fingerprint density at radius 3 is 3.09 bits per heavy atom. The number of carbonyl (C=O) groups is 1. The Labute approximate surface area is 133 Å². The summed E-state index contributed by atoms with van der Waals surface area (Å²) >= 11 is 1.63. The van der Waals surface area contributed by atoms with E-state index in [2.05, 4.69) is 6.07 Å². The zero-order chi connectivity index (χ0) is 15.1. The lowest BCUT2D eigenvalue weighted by Crippen LogP contribution is -2.46. The summed E-state index contributed by atoms with van der Waals surface area (Å²) < 4.78 is 12.7. The maximum atomic E-state index is 13.1. The lowest BCUT2D eigenvalue weighted by molar-refractivity contribution is -0.0316. The summed E-state index contributed by atoms with van der Waals surface area (Å²) in [6.45, 7) is 1.23. The minimum Gasteiger partial charge on any atom is -0.377 e. The van der Waals surface area contributed by atoms with E-state index < -0.39 is 0 Å². The van der Waals surface area contributed by atoms with Gasteiger partial charge in [-0.3, -0.25) is 4.79 Å². The van der Waals surface area contributed by atoms with Crippen molar-refractivity contribution in [2.45, 2.75) is 31.1 Å². The maximum Gasteiger partial charge on any atom is 0.255 e. The third-order valence-electron chi connectivity index (χ3n) is 4.80. The van der Waals surface area contributed by atoms with E-state index in [9.17, 15) is 4.79 Å². The predicted octanol–water partition coefficient (Wildman–Crippen LogP) is 2.92. The monoisotopic (exact) mass is 317 g/mol. The first-order valence-electron chi connectivity index (χ1n) is 7.71. The Bertz CT molecular complexity index is 698. The van der Waals surface area contributed by atoms with Crippen LogP contribution in [0, 0.1) is 0 Å². The quantitative estimate of drug-likeness (QED) is 0.855. The van der Waals surface area contributed by atoms with E-state index in [1.807, 2.05) is 28.5 Å². The topological polar surface area (TPSA) is 38.8 Å². The fourth-order valence-corrected chi connectivity index (χ4v) is 4.68. The Morgan fingerprint density at radius 2 is 2.23 bits per heavy atom. The number of fused-ring (bicyclic) bond motifs is 3. The van der Waals surface area contributed by atoms with Crippen LogP contribution in [-0.4, -0.2) is 49.3 Å². The van der Waals surface area contributed by atoms with Gasteiger partial charge in [0.15, 0.2) is 0 Å². The van der Waals surface area contributed by atoms with Crippen LogP contribution in [0.15, 0.2) is 29.6 Å². The van der Waals surface area contributed by atoms with E-state index in [0.717, 1.165) is 28.5 Å². The first-order chi connectivity index (χ1) is 10.8. The molecule has 3 atom stereocenters. The number of hydrogen-bond donors (Lipinski definition) is 0. The Morgan fingerprint density at radius 1 is 1.36 bits per heavy atom. The van der Waals surface area contributed by atoms with Crippen LogP contribution in [0.1, 0.15) is 23.2 Å². The number of rotatable bonds is 2. The summed E-state index contributed by atoms with van der Waals surface area (Å²) in [6.07, 6.45) is 2.05. The van der Waals surface area contributed by atoms with Gasteiger partial charge < -0.3 is 14.4 Å². The molecule has 1 amide bonds. The van der Waals surface area contributed by atoms with Crippen LogP contribution >= 0.6 is 11.3 Å². The average molecular weight is 317 g/mol. The molecule has 0 spiro atoms. The average Bonchev–Trinajstić information content (AvgIpc) is 3.07. The number of amides is 1. The standard InChI is InChI=1S/C17H19NO3S/c1-20-16-13-6-7-14(16)21-9-8-18(13)17(19)12-10-22-15-5-3-2-4-11(12)15/h2-5,10,13-14,16H,6-9H2,1H3/t13-,14-,16-/m1/s1. The zero-order valence-corrected chi connectivity index (χ0v) is 13.3. The smallest absolute Gasteiger partial charge is 0.255 e.